The number of piperazine rings is 1. The number of hydrogen-bond donors (Lipinski definition) is 0. The van der Waals surface area contributed by atoms with Crippen LogP contribution in [0.3, 0.4) is 0 Å². The summed E-state index contributed by atoms with van der Waals surface area (Å²) in [6.07, 6.45) is 2.90. The number of benzene rings is 2. The fourth-order valence-corrected chi connectivity index (χ4v) is 4.86. The lowest BCUT2D eigenvalue weighted by Crippen LogP contribution is -2.43. The van der Waals surface area contributed by atoms with Gasteiger partial charge in [0.1, 0.15) is 23.1 Å². The highest BCUT2D eigenvalue weighted by Gasteiger charge is 2.17. The lowest BCUT2D eigenvalue weighted by atomic mass is 9.99. The number of hydrogen-bond acceptors (Lipinski definition) is 6. The Bertz CT molecular complexity index is 1250. The maximum atomic E-state index is 14.1. The van der Waals surface area contributed by atoms with Crippen molar-refractivity contribution in [3.63, 3.8) is 0 Å². The highest BCUT2D eigenvalue weighted by Crippen LogP contribution is 2.29. The van der Waals surface area contributed by atoms with E-state index in [1.54, 1.807) is 0 Å². The zero-order chi connectivity index (χ0) is 28.5. The van der Waals surface area contributed by atoms with Gasteiger partial charge < -0.3 is 14.4 Å². The van der Waals surface area contributed by atoms with Gasteiger partial charge >= 0.3 is 0 Å². The average Bonchev–Trinajstić information content (AvgIpc) is 2.93. The topological polar surface area (TPSA) is 54.9 Å². The van der Waals surface area contributed by atoms with Crippen molar-refractivity contribution in [1.29, 1.82) is 0 Å². The molecule has 0 N–H and O–H groups in total. The van der Waals surface area contributed by atoms with E-state index in [9.17, 15) is 9.18 Å². The van der Waals surface area contributed by atoms with Crippen molar-refractivity contribution in [2.24, 2.45) is 5.92 Å². The van der Waals surface area contributed by atoms with Gasteiger partial charge in [0.2, 0.25) is 0 Å². The Kier molecular flexibility index (Phi) is 10.7. The van der Waals surface area contributed by atoms with Gasteiger partial charge in [-0.25, -0.2) is 4.39 Å². The number of carbonyl (C=O) groups is 1. The molecule has 0 spiro atoms. The summed E-state index contributed by atoms with van der Waals surface area (Å²) >= 11 is 0. The minimum atomic E-state index is -0.345. The second-order valence-corrected chi connectivity index (χ2v) is 11.1. The van der Waals surface area contributed by atoms with E-state index in [0.717, 1.165) is 60.9 Å². The molecule has 3 aromatic rings. The van der Waals surface area contributed by atoms with Crippen LogP contribution in [0.15, 0.2) is 54.7 Å². The molecule has 7 heteroatoms. The van der Waals surface area contributed by atoms with E-state index in [1.165, 1.54) is 17.7 Å². The summed E-state index contributed by atoms with van der Waals surface area (Å²) in [5.41, 5.74) is 4.87. The number of nitrogens with zero attached hydrogens (tertiary/aromatic N) is 3. The maximum absolute atomic E-state index is 14.1. The Balaban J connectivity index is 1.38. The van der Waals surface area contributed by atoms with E-state index >= 15 is 0 Å². The normalized spacial score (nSPS) is 14.4. The van der Waals surface area contributed by atoms with Crippen molar-refractivity contribution in [3.05, 3.63) is 77.4 Å². The summed E-state index contributed by atoms with van der Waals surface area (Å²) in [5.74, 6) is 1.47. The number of aromatic nitrogens is 1. The molecule has 1 aliphatic heterocycles. The van der Waals surface area contributed by atoms with Crippen molar-refractivity contribution in [2.75, 3.05) is 46.4 Å². The largest absolute Gasteiger partial charge is 0.494 e. The molecular weight excluding hydrogens is 505 g/mol. The lowest BCUT2D eigenvalue weighted by Gasteiger charge is -2.32. The molecule has 4 rings (SSSR count). The summed E-state index contributed by atoms with van der Waals surface area (Å²) in [4.78, 5) is 22.2. The second kappa shape index (κ2) is 14.4. The summed E-state index contributed by atoms with van der Waals surface area (Å²) in [7, 11) is 2.16. The highest BCUT2D eigenvalue weighted by molar-refractivity contribution is 5.81. The molecule has 40 heavy (non-hydrogen) atoms. The van der Waals surface area contributed by atoms with Crippen molar-refractivity contribution in [3.8, 4) is 22.6 Å². The first-order valence-electron chi connectivity index (χ1n) is 14.3. The Morgan fingerprint density at radius 2 is 1.80 bits per heavy atom. The summed E-state index contributed by atoms with van der Waals surface area (Å²) in [5, 5.41) is 0. The Morgan fingerprint density at radius 1 is 1.00 bits per heavy atom. The number of halogens is 1. The van der Waals surface area contributed by atoms with E-state index in [-0.39, 0.29) is 18.0 Å². The van der Waals surface area contributed by atoms with Crippen molar-refractivity contribution < 1.29 is 18.7 Å². The van der Waals surface area contributed by atoms with E-state index in [2.05, 4.69) is 34.0 Å². The fraction of sp³-hybridized carbons (Fsp3) is 0.455. The molecule has 6 nitrogen and oxygen atoms in total. The quantitative estimate of drug-likeness (QED) is 0.269. The molecule has 0 atom stereocenters. The Morgan fingerprint density at radius 3 is 2.50 bits per heavy atom. The van der Waals surface area contributed by atoms with E-state index in [0.29, 0.717) is 37.7 Å². The first-order chi connectivity index (χ1) is 19.3. The van der Waals surface area contributed by atoms with Crippen LogP contribution in [0.25, 0.3) is 11.1 Å². The lowest BCUT2D eigenvalue weighted by molar-refractivity contribution is -0.118. The smallest absolute Gasteiger partial charge is 0.139 e. The molecule has 0 saturated carbocycles. The molecule has 1 fully saturated rings. The average molecular weight is 548 g/mol. The van der Waals surface area contributed by atoms with Crippen LogP contribution in [-0.4, -0.2) is 67.0 Å². The number of ketones is 1. The third-order valence-electron chi connectivity index (χ3n) is 7.10. The van der Waals surface area contributed by atoms with Crippen LogP contribution in [0.4, 0.5) is 4.39 Å². The van der Waals surface area contributed by atoms with Gasteiger partial charge in [-0.15, -0.1) is 0 Å². The summed E-state index contributed by atoms with van der Waals surface area (Å²) in [6.45, 7) is 12.3. The highest BCUT2D eigenvalue weighted by atomic mass is 19.1. The molecule has 0 bridgehead atoms. The fourth-order valence-electron chi connectivity index (χ4n) is 4.86. The molecular formula is C33H42FN3O3. The van der Waals surface area contributed by atoms with Gasteiger partial charge in [0.15, 0.2) is 0 Å². The molecule has 1 saturated heterocycles. The zero-order valence-electron chi connectivity index (χ0n) is 24.3. The predicted octanol–water partition coefficient (Wildman–Crippen LogP) is 5.81. The SMILES string of the molecule is CCOc1ccc(-c2ccc(CC(=O)CCc3cc(F)cc(OCC(C)C)c3)nc2)c(CN2CCN(C)CC2)c1. The molecule has 1 aromatic heterocycles. The number of aryl methyl sites for hydroxylation is 1. The van der Waals surface area contributed by atoms with Crippen LogP contribution in [0.1, 0.15) is 44.0 Å². The number of carbonyl (C=O) groups excluding carboxylic acids is 1. The Hall–Kier alpha value is -3.29. The number of rotatable bonds is 13. The van der Waals surface area contributed by atoms with Gasteiger partial charge in [-0.2, -0.15) is 0 Å². The number of pyridine rings is 1. The summed E-state index contributed by atoms with van der Waals surface area (Å²) < 4.78 is 25.5. The molecule has 2 heterocycles. The zero-order valence-corrected chi connectivity index (χ0v) is 24.3. The number of Topliss-reactive ketones (excluding diaryl/α,β-unsaturated/α-hetero) is 1. The van der Waals surface area contributed by atoms with Crippen LogP contribution in [0.2, 0.25) is 0 Å². The Labute approximate surface area is 238 Å². The third kappa shape index (κ3) is 8.86. The van der Waals surface area contributed by atoms with Crippen LogP contribution >= 0.6 is 0 Å². The standard InChI is InChI=1S/C33H42FN3O3/c1-5-39-31-10-11-33(27(18-31)22-37-14-12-36(4)13-15-37)26-7-8-29(35-21-26)20-30(38)9-6-25-16-28(34)19-32(17-25)40-23-24(2)3/h7-8,10-11,16-19,21,24H,5-6,9,12-15,20,22-23H2,1-4H3. The van der Waals surface area contributed by atoms with E-state index in [1.807, 2.05) is 51.2 Å². The first-order valence-corrected chi connectivity index (χ1v) is 14.3. The monoisotopic (exact) mass is 547 g/mol. The van der Waals surface area contributed by atoms with Gasteiger partial charge in [-0.1, -0.05) is 26.0 Å². The van der Waals surface area contributed by atoms with Crippen molar-refractivity contribution in [2.45, 2.75) is 46.6 Å². The van der Waals surface area contributed by atoms with E-state index in [4.69, 9.17) is 9.47 Å². The molecule has 0 amide bonds. The number of ether oxygens (including phenoxy) is 2. The van der Waals surface area contributed by atoms with E-state index < -0.39 is 0 Å². The maximum Gasteiger partial charge on any atom is 0.139 e. The van der Waals surface area contributed by atoms with Crippen LogP contribution in [-0.2, 0) is 24.2 Å². The predicted molar refractivity (Wildman–Crippen MR) is 157 cm³/mol. The summed E-state index contributed by atoms with van der Waals surface area (Å²) in [6, 6.07) is 14.9. The molecule has 0 aliphatic carbocycles. The van der Waals surface area contributed by atoms with Crippen LogP contribution in [0, 0.1) is 11.7 Å². The molecule has 214 valence electrons. The van der Waals surface area contributed by atoms with Gasteiger partial charge in [0.05, 0.1) is 13.2 Å². The minimum Gasteiger partial charge on any atom is -0.494 e. The van der Waals surface area contributed by atoms with Crippen molar-refractivity contribution in [1.82, 2.24) is 14.8 Å². The molecule has 1 aliphatic rings. The van der Waals surface area contributed by atoms with Crippen LogP contribution in [0.5, 0.6) is 11.5 Å². The minimum absolute atomic E-state index is 0.0750. The molecule has 2 aromatic carbocycles. The van der Waals surface area contributed by atoms with Gasteiger partial charge in [0, 0.05) is 69.1 Å². The van der Waals surface area contributed by atoms with Gasteiger partial charge in [0.25, 0.3) is 0 Å². The van der Waals surface area contributed by atoms with Crippen LogP contribution < -0.4 is 9.47 Å². The second-order valence-electron chi connectivity index (χ2n) is 11.1. The van der Waals surface area contributed by atoms with Crippen molar-refractivity contribution >= 4 is 5.78 Å². The molecule has 0 radical (unpaired) electrons. The van der Waals surface area contributed by atoms with Gasteiger partial charge in [-0.3, -0.25) is 14.7 Å². The number of likely N-dealkylation sites (N-methyl/N-ethyl adjacent to an activating group) is 1. The van der Waals surface area contributed by atoms with Gasteiger partial charge in [-0.05, 0) is 73.3 Å². The molecule has 0 unspecified atom stereocenters. The first kappa shape index (κ1) is 29.7. The third-order valence-corrected chi connectivity index (χ3v) is 7.10.